The molecule has 1 N–H and O–H groups in total. The van der Waals surface area contributed by atoms with E-state index in [1.54, 1.807) is 0 Å². The van der Waals surface area contributed by atoms with Crippen LogP contribution in [0.3, 0.4) is 0 Å². The molecule has 0 radical (unpaired) electrons. The Hall–Kier alpha value is -3.14. The van der Waals surface area contributed by atoms with Crippen LogP contribution in [0.15, 0.2) is 71.4 Å². The zero-order valence-electron chi connectivity index (χ0n) is 19.7. The molecule has 0 fully saturated rings. The van der Waals surface area contributed by atoms with Gasteiger partial charge in [0.25, 0.3) is 0 Å². The first-order valence-corrected chi connectivity index (χ1v) is 12.2. The van der Waals surface area contributed by atoms with Crippen LogP contribution in [0.4, 0.5) is 0 Å². The number of hydrogen-bond acceptors (Lipinski definition) is 4. The Balaban J connectivity index is 1.53. The molecule has 0 saturated carbocycles. The fraction of sp³-hybridized carbons (Fsp3) is 0.379. The van der Waals surface area contributed by atoms with Gasteiger partial charge in [-0.25, -0.2) is 4.79 Å². The molecule has 4 rings (SSSR count). The van der Waals surface area contributed by atoms with Crippen LogP contribution in [-0.4, -0.2) is 18.4 Å². The van der Waals surface area contributed by atoms with Gasteiger partial charge < -0.3 is 10.1 Å². The van der Waals surface area contributed by atoms with Gasteiger partial charge in [0.05, 0.1) is 17.9 Å². The predicted molar refractivity (Wildman–Crippen MR) is 132 cm³/mol. The van der Waals surface area contributed by atoms with Crippen molar-refractivity contribution in [1.29, 1.82) is 0 Å². The van der Waals surface area contributed by atoms with Crippen molar-refractivity contribution in [2.45, 2.75) is 64.7 Å². The number of allylic oxidation sites excluding steroid dienone is 2. The van der Waals surface area contributed by atoms with Gasteiger partial charge in [0.2, 0.25) is 0 Å². The average molecular weight is 444 g/mol. The van der Waals surface area contributed by atoms with Crippen LogP contribution in [0.1, 0.15) is 86.2 Å². The second kappa shape index (κ2) is 10.7. The predicted octanol–water partition coefficient (Wildman–Crippen LogP) is 6.55. The lowest BCUT2D eigenvalue weighted by molar-refractivity contribution is -0.139. The smallest absolute Gasteiger partial charge is 0.336 e. The highest BCUT2D eigenvalue weighted by atomic mass is 16.5. The summed E-state index contributed by atoms with van der Waals surface area (Å²) in [5.41, 5.74) is 5.23. The maximum Gasteiger partial charge on any atom is 0.336 e. The van der Waals surface area contributed by atoms with E-state index in [9.17, 15) is 9.59 Å². The summed E-state index contributed by atoms with van der Waals surface area (Å²) in [6, 6.07) is 17.4. The highest BCUT2D eigenvalue weighted by molar-refractivity contribution is 6.23. The first-order valence-electron chi connectivity index (χ1n) is 12.2. The zero-order valence-corrected chi connectivity index (χ0v) is 19.7. The van der Waals surface area contributed by atoms with Crippen molar-refractivity contribution >= 4 is 17.4 Å². The number of benzene rings is 2. The fourth-order valence-electron chi connectivity index (χ4n) is 4.88. The molecule has 1 heterocycles. The zero-order chi connectivity index (χ0) is 23.2. The van der Waals surface area contributed by atoms with Crippen LogP contribution in [0.25, 0.3) is 5.70 Å². The Kier molecular flexibility index (Phi) is 7.43. The van der Waals surface area contributed by atoms with E-state index in [-0.39, 0.29) is 11.8 Å². The molecule has 2 aliphatic rings. The number of fused-ring (bicyclic) bond motifs is 2. The maximum atomic E-state index is 13.4. The molecular formula is C29H33NO3. The molecule has 0 unspecified atom stereocenters. The lowest BCUT2D eigenvalue weighted by Crippen LogP contribution is -2.29. The number of Topliss-reactive ketones (excluding diaryl/α,β-unsaturated/α-hetero) is 1. The Morgan fingerprint density at radius 2 is 1.52 bits per heavy atom. The molecule has 0 spiro atoms. The fourth-order valence-corrected chi connectivity index (χ4v) is 4.88. The molecule has 0 bridgehead atoms. The van der Waals surface area contributed by atoms with Gasteiger partial charge in [-0.15, -0.1) is 0 Å². The summed E-state index contributed by atoms with van der Waals surface area (Å²) in [6.45, 7) is 4.52. The van der Waals surface area contributed by atoms with Crippen LogP contribution in [0, 0.1) is 0 Å². The number of ether oxygens (including phenoxy) is 1. The van der Waals surface area contributed by atoms with Crippen molar-refractivity contribution in [2.24, 2.45) is 0 Å². The summed E-state index contributed by atoms with van der Waals surface area (Å²) >= 11 is 0. The largest absolute Gasteiger partial charge is 0.462 e. The van der Waals surface area contributed by atoms with E-state index in [0.29, 0.717) is 23.3 Å². The Bertz CT molecular complexity index is 1080. The molecule has 2 aromatic rings. The quantitative estimate of drug-likeness (QED) is 0.334. The lowest BCUT2D eigenvalue weighted by Gasteiger charge is -2.29. The molecule has 4 nitrogen and oxygen atoms in total. The highest BCUT2D eigenvalue weighted by Crippen LogP contribution is 2.46. The monoisotopic (exact) mass is 443 g/mol. The molecule has 0 aromatic heterocycles. The van der Waals surface area contributed by atoms with Crippen LogP contribution in [-0.2, 0) is 9.53 Å². The van der Waals surface area contributed by atoms with Crippen molar-refractivity contribution in [3.05, 3.63) is 88.1 Å². The average Bonchev–Trinajstić information content (AvgIpc) is 3.12. The molecule has 33 heavy (non-hydrogen) atoms. The number of carbonyl (C=O) groups excluding carboxylic acids is 2. The normalized spacial score (nSPS) is 17.0. The van der Waals surface area contributed by atoms with E-state index in [2.05, 4.69) is 12.2 Å². The summed E-state index contributed by atoms with van der Waals surface area (Å²) in [7, 11) is 0. The molecule has 2 aromatic carbocycles. The summed E-state index contributed by atoms with van der Waals surface area (Å²) in [5.74, 6) is -0.800. The first-order chi connectivity index (χ1) is 16.1. The standard InChI is InChI=1S/C29H33NO3/c1-3-4-5-6-7-8-14-19-33-29(32)24-20(2)30-27-22-17-12-13-18-23(22)28(31)26(27)25(24)21-15-10-9-11-16-21/h9-13,15-18,25,30H,3-8,14,19H2,1-2H3/t25-/m1/s1. The van der Waals surface area contributed by atoms with Crippen molar-refractivity contribution in [1.82, 2.24) is 5.32 Å². The third kappa shape index (κ3) is 4.80. The number of unbranched alkanes of at least 4 members (excludes halogenated alkanes) is 6. The van der Waals surface area contributed by atoms with Crippen molar-refractivity contribution in [3.8, 4) is 0 Å². The summed E-state index contributed by atoms with van der Waals surface area (Å²) in [4.78, 5) is 26.7. The van der Waals surface area contributed by atoms with Crippen molar-refractivity contribution in [3.63, 3.8) is 0 Å². The molecule has 0 amide bonds. The second-order valence-corrected chi connectivity index (χ2v) is 8.93. The Morgan fingerprint density at radius 1 is 0.879 bits per heavy atom. The van der Waals surface area contributed by atoms with E-state index >= 15 is 0 Å². The first kappa shape index (κ1) is 23.0. The summed E-state index contributed by atoms with van der Waals surface area (Å²) in [5, 5.41) is 3.36. The molecule has 1 atom stereocenters. The number of ketones is 1. The number of rotatable bonds is 10. The van der Waals surface area contributed by atoms with Crippen LogP contribution in [0.2, 0.25) is 0 Å². The number of carbonyl (C=O) groups is 2. The minimum Gasteiger partial charge on any atom is -0.462 e. The highest BCUT2D eigenvalue weighted by Gasteiger charge is 2.42. The lowest BCUT2D eigenvalue weighted by atomic mass is 9.80. The van der Waals surface area contributed by atoms with E-state index in [1.165, 1.54) is 32.1 Å². The van der Waals surface area contributed by atoms with E-state index in [4.69, 9.17) is 4.74 Å². The van der Waals surface area contributed by atoms with Gasteiger partial charge in [-0.2, -0.15) is 0 Å². The van der Waals surface area contributed by atoms with Crippen molar-refractivity contribution < 1.29 is 14.3 Å². The SMILES string of the molecule is CCCCCCCCCOC(=O)C1=C(C)NC2=C(C(=O)c3ccccc32)[C@@H]1c1ccccc1. The Morgan fingerprint density at radius 3 is 2.24 bits per heavy atom. The third-order valence-corrected chi connectivity index (χ3v) is 6.58. The minimum atomic E-state index is -0.441. The summed E-state index contributed by atoms with van der Waals surface area (Å²) < 4.78 is 5.72. The van der Waals surface area contributed by atoms with Gasteiger partial charge in [0, 0.05) is 28.3 Å². The topological polar surface area (TPSA) is 55.4 Å². The van der Waals surface area contributed by atoms with Gasteiger partial charge >= 0.3 is 5.97 Å². The van der Waals surface area contributed by atoms with Gasteiger partial charge in [0.15, 0.2) is 5.78 Å². The number of nitrogens with one attached hydrogen (secondary N) is 1. The molecule has 1 aliphatic heterocycles. The van der Waals surface area contributed by atoms with Crippen molar-refractivity contribution in [2.75, 3.05) is 6.61 Å². The van der Waals surface area contributed by atoms with Gasteiger partial charge in [-0.1, -0.05) is 100 Å². The number of esters is 1. The molecule has 1 aliphatic carbocycles. The van der Waals surface area contributed by atoms with E-state index < -0.39 is 5.92 Å². The molecule has 0 saturated heterocycles. The van der Waals surface area contributed by atoms with Crippen LogP contribution < -0.4 is 5.32 Å². The second-order valence-electron chi connectivity index (χ2n) is 8.93. The minimum absolute atomic E-state index is 0.0215. The van der Waals surface area contributed by atoms with E-state index in [0.717, 1.165) is 35.4 Å². The van der Waals surface area contributed by atoms with E-state index in [1.807, 2.05) is 61.5 Å². The third-order valence-electron chi connectivity index (χ3n) is 6.58. The van der Waals surface area contributed by atoms with Gasteiger partial charge in [-0.05, 0) is 18.9 Å². The molecular weight excluding hydrogens is 410 g/mol. The number of dihydropyridines is 1. The maximum absolute atomic E-state index is 13.4. The van der Waals surface area contributed by atoms with Gasteiger partial charge in [0.1, 0.15) is 0 Å². The summed E-state index contributed by atoms with van der Waals surface area (Å²) in [6.07, 6.45) is 8.17. The van der Waals surface area contributed by atoms with Crippen LogP contribution >= 0.6 is 0 Å². The van der Waals surface area contributed by atoms with Gasteiger partial charge in [-0.3, -0.25) is 4.79 Å². The molecule has 172 valence electrons. The Labute approximate surface area is 196 Å². The molecule has 4 heteroatoms. The number of hydrogen-bond donors (Lipinski definition) is 1. The van der Waals surface area contributed by atoms with Crippen LogP contribution in [0.5, 0.6) is 0 Å².